The van der Waals surface area contributed by atoms with Crippen LogP contribution in [0, 0.1) is 17.8 Å². The molecule has 1 heterocycles. The Labute approximate surface area is 173 Å². The van der Waals surface area contributed by atoms with Crippen molar-refractivity contribution in [3.05, 3.63) is 24.3 Å². The molecule has 0 aliphatic carbocycles. The number of nitrogens with zero attached hydrogens (tertiary/aromatic N) is 1. The van der Waals surface area contributed by atoms with E-state index in [1.807, 2.05) is 13.8 Å². The number of hydrogen-bond acceptors (Lipinski definition) is 4. The smallest absolute Gasteiger partial charge is 0.312 e. The number of piperidine rings is 1. The molecule has 1 aromatic carbocycles. The molecule has 0 unspecified atom stereocenters. The van der Waals surface area contributed by atoms with E-state index in [0.717, 1.165) is 6.42 Å². The van der Waals surface area contributed by atoms with Crippen molar-refractivity contribution in [2.75, 3.05) is 18.4 Å². The predicted octanol–water partition coefficient (Wildman–Crippen LogP) is 2.37. The first-order chi connectivity index (χ1) is 13.5. The van der Waals surface area contributed by atoms with Gasteiger partial charge in [-0.05, 0) is 54.9 Å². The van der Waals surface area contributed by atoms with Crippen LogP contribution < -0.4 is 16.4 Å². The van der Waals surface area contributed by atoms with Crippen molar-refractivity contribution in [2.45, 2.75) is 51.5 Å². The largest absolute Gasteiger partial charge is 0.352 e. The first-order valence-corrected chi connectivity index (χ1v) is 11.4. The first-order valence-electron chi connectivity index (χ1n) is 9.96. The van der Waals surface area contributed by atoms with Crippen molar-refractivity contribution in [3.63, 3.8) is 0 Å². The topological polar surface area (TPSA) is 122 Å². The maximum absolute atomic E-state index is 12.9. The minimum atomic E-state index is -3.57. The van der Waals surface area contributed by atoms with Gasteiger partial charge in [0.1, 0.15) is 6.04 Å². The fraction of sp³-hybridized carbons (Fsp3) is 0.600. The van der Waals surface area contributed by atoms with Gasteiger partial charge in [0, 0.05) is 18.8 Å². The number of hydrogen-bond donors (Lipinski definition) is 3. The summed E-state index contributed by atoms with van der Waals surface area (Å²) in [6, 6.07) is 4.57. The number of anilines is 1. The Morgan fingerprint density at radius 1 is 1.14 bits per heavy atom. The number of nitrogens with two attached hydrogens (primary N) is 1. The summed E-state index contributed by atoms with van der Waals surface area (Å²) in [7, 11) is -3.57. The second-order valence-corrected chi connectivity index (χ2v) is 10.4. The predicted molar refractivity (Wildman–Crippen MR) is 113 cm³/mol. The van der Waals surface area contributed by atoms with Gasteiger partial charge >= 0.3 is 6.03 Å². The van der Waals surface area contributed by atoms with Gasteiger partial charge in [-0.3, -0.25) is 4.79 Å². The monoisotopic (exact) mass is 424 g/mol. The summed E-state index contributed by atoms with van der Waals surface area (Å²) in [5, 5.41) is 5.15. The van der Waals surface area contributed by atoms with Crippen LogP contribution in [0.25, 0.3) is 0 Å². The Balaban J connectivity index is 2.10. The molecular formula is C20H32N4O4S. The number of carbonyl (C=O) groups excluding carboxylic acids is 2. The fourth-order valence-electron chi connectivity index (χ4n) is 3.77. The Morgan fingerprint density at radius 3 is 2.17 bits per heavy atom. The van der Waals surface area contributed by atoms with Gasteiger partial charge in [0.2, 0.25) is 15.9 Å². The summed E-state index contributed by atoms with van der Waals surface area (Å²) in [6.45, 7) is 9.02. The number of rotatable bonds is 7. The highest BCUT2D eigenvalue weighted by Gasteiger charge is 2.31. The van der Waals surface area contributed by atoms with Gasteiger partial charge in [0.25, 0.3) is 0 Å². The van der Waals surface area contributed by atoms with Gasteiger partial charge in [0.15, 0.2) is 0 Å². The number of sulfonamides is 1. The highest BCUT2D eigenvalue weighted by Crippen LogP contribution is 2.27. The van der Waals surface area contributed by atoms with Crippen molar-refractivity contribution >= 4 is 27.6 Å². The van der Waals surface area contributed by atoms with E-state index in [1.54, 1.807) is 12.1 Å². The zero-order valence-electron chi connectivity index (χ0n) is 17.5. The molecule has 3 amide bonds. The summed E-state index contributed by atoms with van der Waals surface area (Å²) in [6.07, 6.45) is 1.46. The van der Waals surface area contributed by atoms with Crippen molar-refractivity contribution in [1.29, 1.82) is 0 Å². The van der Waals surface area contributed by atoms with Crippen molar-refractivity contribution in [3.8, 4) is 0 Å². The maximum Gasteiger partial charge on any atom is 0.312 e. The number of amides is 3. The third-order valence-electron chi connectivity index (χ3n) is 4.94. The number of benzene rings is 1. The Kier molecular flexibility index (Phi) is 7.65. The van der Waals surface area contributed by atoms with Gasteiger partial charge in [-0.25, -0.2) is 13.2 Å². The van der Waals surface area contributed by atoms with Gasteiger partial charge in [0.05, 0.1) is 4.90 Å². The minimum Gasteiger partial charge on any atom is -0.352 e. The van der Waals surface area contributed by atoms with E-state index in [4.69, 9.17) is 5.73 Å². The number of primary amides is 1. The lowest BCUT2D eigenvalue weighted by molar-refractivity contribution is -0.118. The molecule has 0 aromatic heterocycles. The molecule has 162 valence electrons. The van der Waals surface area contributed by atoms with Crippen LogP contribution in [0.2, 0.25) is 0 Å². The van der Waals surface area contributed by atoms with E-state index in [-0.39, 0.29) is 10.8 Å². The normalized spacial score (nSPS) is 21.6. The Morgan fingerprint density at radius 2 is 1.69 bits per heavy atom. The SMILES string of the molecule is CC(C)C[C@@H](NC(N)=O)C(=O)Nc1ccc(S(=O)(=O)N2C[C@H](C)C[C@H](C)C2)cc1. The highest BCUT2D eigenvalue weighted by molar-refractivity contribution is 7.89. The summed E-state index contributed by atoms with van der Waals surface area (Å²) in [5.74, 6) is 0.427. The molecule has 1 aliphatic heterocycles. The van der Waals surface area contributed by atoms with Crippen LogP contribution in [-0.2, 0) is 14.8 Å². The van der Waals surface area contributed by atoms with E-state index < -0.39 is 28.0 Å². The minimum absolute atomic E-state index is 0.180. The molecule has 0 spiro atoms. The second kappa shape index (κ2) is 9.58. The van der Waals surface area contributed by atoms with Crippen LogP contribution in [0.1, 0.15) is 40.5 Å². The van der Waals surface area contributed by atoms with Gasteiger partial charge in [-0.2, -0.15) is 4.31 Å². The fourth-order valence-corrected chi connectivity index (χ4v) is 5.44. The lowest BCUT2D eigenvalue weighted by atomic mass is 9.94. The quantitative estimate of drug-likeness (QED) is 0.622. The molecule has 2 rings (SSSR count). The Bertz CT molecular complexity index is 813. The average Bonchev–Trinajstić information content (AvgIpc) is 2.60. The summed E-state index contributed by atoms with van der Waals surface area (Å²) in [5.41, 5.74) is 5.61. The molecule has 4 N–H and O–H groups in total. The highest BCUT2D eigenvalue weighted by atomic mass is 32.2. The van der Waals surface area contributed by atoms with Crippen molar-refractivity contribution in [1.82, 2.24) is 9.62 Å². The Hall–Kier alpha value is -2.13. The van der Waals surface area contributed by atoms with Gasteiger partial charge in [-0.1, -0.05) is 27.7 Å². The third kappa shape index (κ3) is 6.43. The van der Waals surface area contributed by atoms with E-state index in [1.165, 1.54) is 16.4 Å². The molecule has 1 aromatic rings. The number of carbonyl (C=O) groups is 2. The van der Waals surface area contributed by atoms with E-state index in [2.05, 4.69) is 24.5 Å². The van der Waals surface area contributed by atoms with Crippen LogP contribution >= 0.6 is 0 Å². The van der Waals surface area contributed by atoms with Crippen LogP contribution in [-0.4, -0.2) is 43.8 Å². The first kappa shape index (κ1) is 23.2. The molecule has 0 bridgehead atoms. The zero-order valence-corrected chi connectivity index (χ0v) is 18.3. The van der Waals surface area contributed by atoms with Crippen molar-refractivity contribution in [2.24, 2.45) is 23.5 Å². The molecule has 0 radical (unpaired) electrons. The van der Waals surface area contributed by atoms with E-state index in [9.17, 15) is 18.0 Å². The lowest BCUT2D eigenvalue weighted by Gasteiger charge is -2.34. The standard InChI is InChI=1S/C20H32N4O4S/c1-13(2)9-18(23-20(21)26)19(25)22-16-5-7-17(8-6-16)29(27,28)24-11-14(3)10-15(4)12-24/h5-8,13-15,18H,9-12H2,1-4H3,(H,22,25)(H3,21,23,26)/t14-,15+,18-/m1/s1. The van der Waals surface area contributed by atoms with Crippen LogP contribution in [0.15, 0.2) is 29.2 Å². The molecule has 8 nitrogen and oxygen atoms in total. The van der Waals surface area contributed by atoms with Crippen molar-refractivity contribution < 1.29 is 18.0 Å². The van der Waals surface area contributed by atoms with Crippen LogP contribution in [0.3, 0.4) is 0 Å². The van der Waals surface area contributed by atoms with Crippen LogP contribution in [0.5, 0.6) is 0 Å². The average molecular weight is 425 g/mol. The van der Waals surface area contributed by atoms with E-state index >= 15 is 0 Å². The number of urea groups is 1. The molecule has 0 saturated carbocycles. The maximum atomic E-state index is 12.9. The van der Waals surface area contributed by atoms with Gasteiger partial charge in [-0.15, -0.1) is 0 Å². The summed E-state index contributed by atoms with van der Waals surface area (Å²) < 4.78 is 27.4. The molecule has 1 fully saturated rings. The molecular weight excluding hydrogens is 392 g/mol. The molecule has 1 saturated heterocycles. The number of nitrogens with one attached hydrogen (secondary N) is 2. The van der Waals surface area contributed by atoms with E-state index in [0.29, 0.717) is 37.0 Å². The zero-order chi connectivity index (χ0) is 21.8. The molecule has 3 atom stereocenters. The lowest BCUT2D eigenvalue weighted by Crippen LogP contribution is -2.46. The third-order valence-corrected chi connectivity index (χ3v) is 6.78. The van der Waals surface area contributed by atoms with Crippen LogP contribution in [0.4, 0.5) is 10.5 Å². The summed E-state index contributed by atoms with van der Waals surface area (Å²) >= 11 is 0. The molecule has 1 aliphatic rings. The van der Waals surface area contributed by atoms with Gasteiger partial charge < -0.3 is 16.4 Å². The summed E-state index contributed by atoms with van der Waals surface area (Å²) in [4.78, 5) is 23.8. The molecule has 9 heteroatoms. The molecule has 29 heavy (non-hydrogen) atoms. The second-order valence-electron chi connectivity index (χ2n) is 8.47.